The van der Waals surface area contributed by atoms with E-state index >= 15 is 0 Å². The number of aromatic nitrogens is 2. The Morgan fingerprint density at radius 2 is 1.70 bits per heavy atom. The van der Waals surface area contributed by atoms with Gasteiger partial charge in [0.2, 0.25) is 0 Å². The van der Waals surface area contributed by atoms with Crippen molar-refractivity contribution in [1.29, 1.82) is 0 Å². The molecule has 2 aromatic carbocycles. The third-order valence-corrected chi connectivity index (χ3v) is 3.86. The van der Waals surface area contributed by atoms with Crippen LogP contribution in [-0.4, -0.2) is 9.13 Å². The maximum Gasteiger partial charge on any atom is 0.329 e. The second-order valence-electron chi connectivity index (χ2n) is 5.15. The van der Waals surface area contributed by atoms with Crippen LogP contribution in [0.3, 0.4) is 0 Å². The molecule has 0 unspecified atom stereocenters. The molecule has 3 nitrogen and oxygen atoms in total. The highest BCUT2D eigenvalue weighted by Crippen LogP contribution is 2.29. The summed E-state index contributed by atoms with van der Waals surface area (Å²) in [7, 11) is 0. The molecule has 0 saturated carbocycles. The summed E-state index contributed by atoms with van der Waals surface area (Å²) in [4.78, 5) is 12.5. The first kappa shape index (κ1) is 11.3. The van der Waals surface area contributed by atoms with Crippen molar-refractivity contribution in [2.75, 3.05) is 0 Å². The van der Waals surface area contributed by atoms with Crippen LogP contribution in [0.15, 0.2) is 65.6 Å². The van der Waals surface area contributed by atoms with E-state index in [0.29, 0.717) is 13.1 Å². The van der Waals surface area contributed by atoms with Gasteiger partial charge < -0.3 is 0 Å². The first-order valence-electron chi connectivity index (χ1n) is 6.75. The van der Waals surface area contributed by atoms with E-state index in [4.69, 9.17) is 0 Å². The van der Waals surface area contributed by atoms with Gasteiger partial charge in [0.1, 0.15) is 0 Å². The lowest BCUT2D eigenvalue weighted by Gasteiger charge is -2.02. The van der Waals surface area contributed by atoms with E-state index in [-0.39, 0.29) is 5.69 Å². The summed E-state index contributed by atoms with van der Waals surface area (Å²) in [5, 5.41) is 0. The maximum absolute atomic E-state index is 12.5. The molecule has 0 N–H and O–H groups in total. The summed E-state index contributed by atoms with van der Waals surface area (Å²) in [6.45, 7) is 1.31. The molecule has 1 aliphatic rings. The Bertz CT molecular complexity index is 828. The fourth-order valence-electron chi connectivity index (χ4n) is 2.87. The minimum absolute atomic E-state index is 0.0695. The van der Waals surface area contributed by atoms with Crippen LogP contribution in [0.5, 0.6) is 0 Å². The summed E-state index contributed by atoms with van der Waals surface area (Å²) in [5.41, 5.74) is 4.65. The molecule has 0 fully saturated rings. The molecule has 2 heterocycles. The zero-order valence-corrected chi connectivity index (χ0v) is 11.0. The van der Waals surface area contributed by atoms with Gasteiger partial charge in [-0.3, -0.25) is 9.13 Å². The first-order chi connectivity index (χ1) is 9.83. The molecule has 0 aliphatic carbocycles. The number of fused-ring (bicyclic) bond motifs is 3. The monoisotopic (exact) mass is 262 g/mol. The third kappa shape index (κ3) is 1.63. The van der Waals surface area contributed by atoms with E-state index in [9.17, 15) is 4.79 Å². The molecule has 0 saturated heterocycles. The number of hydrogen-bond acceptors (Lipinski definition) is 1. The quantitative estimate of drug-likeness (QED) is 0.545. The van der Waals surface area contributed by atoms with Crippen LogP contribution >= 0.6 is 0 Å². The van der Waals surface area contributed by atoms with Crippen molar-refractivity contribution in [1.82, 2.24) is 9.13 Å². The van der Waals surface area contributed by atoms with Crippen LogP contribution in [0.25, 0.3) is 11.3 Å². The Labute approximate surface area is 116 Å². The summed E-state index contributed by atoms with van der Waals surface area (Å²) >= 11 is 0. The molecule has 1 aromatic heterocycles. The lowest BCUT2D eigenvalue weighted by Crippen LogP contribution is -2.24. The number of nitrogens with zero attached hydrogens (tertiary/aromatic N) is 2. The first-order valence-corrected chi connectivity index (χ1v) is 6.75. The Hall–Kier alpha value is -2.55. The fourth-order valence-corrected chi connectivity index (χ4v) is 2.87. The SMILES string of the molecule is O=c1n(Cc2ccccc2)cc2n1Cc1ccccc1-2. The third-order valence-electron chi connectivity index (χ3n) is 3.86. The predicted molar refractivity (Wildman–Crippen MR) is 78.8 cm³/mol. The Morgan fingerprint density at radius 3 is 2.55 bits per heavy atom. The standard InChI is InChI=1S/C17H14N2O/c20-17-18(10-13-6-2-1-3-7-13)12-16-15-9-5-4-8-14(15)11-19(16)17/h1-9,12H,10-11H2. The summed E-state index contributed by atoms with van der Waals surface area (Å²) in [6, 6.07) is 18.3. The zero-order chi connectivity index (χ0) is 13.5. The van der Waals surface area contributed by atoms with E-state index < -0.39 is 0 Å². The van der Waals surface area contributed by atoms with Gasteiger partial charge in [0, 0.05) is 11.8 Å². The molecule has 0 spiro atoms. The lowest BCUT2D eigenvalue weighted by atomic mass is 10.1. The highest BCUT2D eigenvalue weighted by atomic mass is 16.1. The van der Waals surface area contributed by atoms with Crippen LogP contribution in [0.2, 0.25) is 0 Å². The number of rotatable bonds is 2. The molecule has 0 atom stereocenters. The molecule has 0 amide bonds. The van der Waals surface area contributed by atoms with Gasteiger partial charge in [0.05, 0.1) is 18.8 Å². The van der Waals surface area contributed by atoms with Gasteiger partial charge >= 0.3 is 5.69 Å². The molecule has 98 valence electrons. The Kier molecular flexibility index (Phi) is 2.39. The van der Waals surface area contributed by atoms with Gasteiger partial charge in [-0.05, 0) is 11.1 Å². The van der Waals surface area contributed by atoms with Gasteiger partial charge in [-0.1, -0.05) is 54.6 Å². The van der Waals surface area contributed by atoms with Crippen molar-refractivity contribution in [2.24, 2.45) is 0 Å². The molecular formula is C17H14N2O. The highest BCUT2D eigenvalue weighted by molar-refractivity contribution is 5.67. The van der Waals surface area contributed by atoms with Crippen LogP contribution in [0.4, 0.5) is 0 Å². The molecule has 3 aromatic rings. The van der Waals surface area contributed by atoms with Gasteiger partial charge in [0.15, 0.2) is 0 Å². The van der Waals surface area contributed by atoms with Crippen molar-refractivity contribution in [3.63, 3.8) is 0 Å². The van der Waals surface area contributed by atoms with Crippen molar-refractivity contribution < 1.29 is 0 Å². The van der Waals surface area contributed by atoms with Crippen molar-refractivity contribution in [3.8, 4) is 11.3 Å². The molecule has 0 radical (unpaired) electrons. The average molecular weight is 262 g/mol. The zero-order valence-electron chi connectivity index (χ0n) is 11.0. The van der Waals surface area contributed by atoms with Crippen molar-refractivity contribution in [2.45, 2.75) is 13.1 Å². The van der Waals surface area contributed by atoms with Crippen LogP contribution in [0.1, 0.15) is 11.1 Å². The lowest BCUT2D eigenvalue weighted by molar-refractivity contribution is 0.695. The fraction of sp³-hybridized carbons (Fsp3) is 0.118. The largest absolute Gasteiger partial charge is 0.329 e. The second kappa shape index (κ2) is 4.23. The molecule has 3 heteroatoms. The molecule has 1 aliphatic heterocycles. The van der Waals surface area contributed by atoms with E-state index in [1.54, 1.807) is 4.57 Å². The molecular weight excluding hydrogens is 248 g/mol. The van der Waals surface area contributed by atoms with Gasteiger partial charge in [-0.25, -0.2) is 4.79 Å². The summed E-state index contributed by atoms with van der Waals surface area (Å²) in [6.07, 6.45) is 1.97. The van der Waals surface area contributed by atoms with E-state index in [0.717, 1.165) is 11.3 Å². The van der Waals surface area contributed by atoms with Crippen LogP contribution < -0.4 is 5.69 Å². The van der Waals surface area contributed by atoms with Gasteiger partial charge in [0.25, 0.3) is 0 Å². The number of imidazole rings is 1. The minimum Gasteiger partial charge on any atom is -0.294 e. The molecule has 4 rings (SSSR count). The van der Waals surface area contributed by atoms with Crippen molar-refractivity contribution in [3.05, 3.63) is 82.4 Å². The van der Waals surface area contributed by atoms with Crippen molar-refractivity contribution >= 4 is 0 Å². The summed E-state index contributed by atoms with van der Waals surface area (Å²) < 4.78 is 3.65. The van der Waals surface area contributed by atoms with E-state index in [1.165, 1.54) is 11.1 Å². The average Bonchev–Trinajstić information content (AvgIpc) is 2.99. The van der Waals surface area contributed by atoms with E-state index in [2.05, 4.69) is 12.1 Å². The van der Waals surface area contributed by atoms with E-state index in [1.807, 2.05) is 53.2 Å². The normalized spacial score (nSPS) is 12.2. The van der Waals surface area contributed by atoms with Gasteiger partial charge in [-0.15, -0.1) is 0 Å². The minimum atomic E-state index is 0.0695. The molecule has 20 heavy (non-hydrogen) atoms. The van der Waals surface area contributed by atoms with Gasteiger partial charge in [-0.2, -0.15) is 0 Å². The Morgan fingerprint density at radius 1 is 0.950 bits per heavy atom. The highest BCUT2D eigenvalue weighted by Gasteiger charge is 2.21. The maximum atomic E-state index is 12.5. The second-order valence-corrected chi connectivity index (χ2v) is 5.15. The van der Waals surface area contributed by atoms with Crippen LogP contribution in [0, 0.1) is 0 Å². The number of benzene rings is 2. The Balaban J connectivity index is 1.78. The summed E-state index contributed by atoms with van der Waals surface area (Å²) in [5.74, 6) is 0. The number of hydrogen-bond donors (Lipinski definition) is 0. The molecule has 0 bridgehead atoms. The smallest absolute Gasteiger partial charge is 0.294 e. The van der Waals surface area contributed by atoms with Crippen LogP contribution in [-0.2, 0) is 13.1 Å². The predicted octanol–water partition coefficient (Wildman–Crippen LogP) is 2.73. The topological polar surface area (TPSA) is 26.9 Å².